The van der Waals surface area contributed by atoms with Gasteiger partial charge >= 0.3 is 0 Å². The molecule has 5 heteroatoms. The molecule has 0 spiro atoms. The third-order valence-electron chi connectivity index (χ3n) is 5.83. The number of ether oxygens (including phenoxy) is 1. The van der Waals surface area contributed by atoms with Crippen molar-refractivity contribution >= 4 is 11.8 Å². The highest BCUT2D eigenvalue weighted by atomic mass is 16.5. The van der Waals surface area contributed by atoms with Crippen molar-refractivity contribution in [2.24, 2.45) is 0 Å². The zero-order valence-corrected chi connectivity index (χ0v) is 21.4. The van der Waals surface area contributed by atoms with Crippen LogP contribution in [0.3, 0.4) is 0 Å². The van der Waals surface area contributed by atoms with Crippen LogP contribution in [0, 0.1) is 20.8 Å². The van der Waals surface area contributed by atoms with E-state index in [1.54, 1.807) is 4.90 Å². The van der Waals surface area contributed by atoms with Crippen LogP contribution in [-0.4, -0.2) is 35.4 Å². The number of rotatable bonds is 10. The first kappa shape index (κ1) is 26.0. The lowest BCUT2D eigenvalue weighted by Crippen LogP contribution is -2.52. The summed E-state index contributed by atoms with van der Waals surface area (Å²) in [5, 5.41) is 3.01. The summed E-state index contributed by atoms with van der Waals surface area (Å²) >= 11 is 0. The number of nitrogens with zero attached hydrogens (tertiary/aromatic N) is 1. The maximum atomic E-state index is 13.6. The number of nitrogens with one attached hydrogen (secondary N) is 1. The highest BCUT2D eigenvalue weighted by Crippen LogP contribution is 2.20. The second-order valence-corrected chi connectivity index (χ2v) is 9.44. The van der Waals surface area contributed by atoms with E-state index in [-0.39, 0.29) is 24.5 Å². The Morgan fingerprint density at radius 2 is 1.54 bits per heavy atom. The lowest BCUT2D eigenvalue weighted by Gasteiger charge is -2.32. The average molecular weight is 473 g/mol. The maximum Gasteiger partial charge on any atom is 0.261 e. The number of hydrogen-bond acceptors (Lipinski definition) is 3. The van der Waals surface area contributed by atoms with Crippen molar-refractivity contribution in [1.29, 1.82) is 0 Å². The SMILES string of the molecule is Cc1cccc(CN(C(=O)COc2cc(C)ccc2C)[C@@H](Cc2ccccc2)C(=O)NC(C)C)c1. The van der Waals surface area contributed by atoms with Crippen molar-refractivity contribution < 1.29 is 14.3 Å². The van der Waals surface area contributed by atoms with Crippen LogP contribution in [0.2, 0.25) is 0 Å². The molecule has 3 aromatic carbocycles. The second-order valence-electron chi connectivity index (χ2n) is 9.44. The largest absolute Gasteiger partial charge is 0.483 e. The normalized spacial score (nSPS) is 11.7. The number of carbonyl (C=O) groups excluding carboxylic acids is 2. The molecular formula is C30H36N2O3. The number of amides is 2. The third-order valence-corrected chi connectivity index (χ3v) is 5.83. The fraction of sp³-hybridized carbons (Fsp3) is 0.333. The van der Waals surface area contributed by atoms with Gasteiger partial charge in [-0.3, -0.25) is 9.59 Å². The smallest absolute Gasteiger partial charge is 0.261 e. The zero-order chi connectivity index (χ0) is 25.4. The lowest BCUT2D eigenvalue weighted by molar-refractivity contribution is -0.143. The van der Waals surface area contributed by atoms with Crippen molar-refractivity contribution in [3.63, 3.8) is 0 Å². The Hall–Kier alpha value is -3.60. The van der Waals surface area contributed by atoms with Gasteiger partial charge in [0.15, 0.2) is 6.61 Å². The van der Waals surface area contributed by atoms with Crippen molar-refractivity contribution in [1.82, 2.24) is 10.2 Å². The summed E-state index contributed by atoms with van der Waals surface area (Å²) in [6.07, 6.45) is 0.417. The molecule has 1 atom stereocenters. The molecule has 0 heterocycles. The summed E-state index contributed by atoms with van der Waals surface area (Å²) in [7, 11) is 0. The Kier molecular flexibility index (Phi) is 9.07. The first-order chi connectivity index (χ1) is 16.7. The van der Waals surface area contributed by atoms with Crippen LogP contribution in [0.25, 0.3) is 0 Å². The summed E-state index contributed by atoms with van der Waals surface area (Å²) < 4.78 is 5.96. The Labute approximate surface area is 209 Å². The topological polar surface area (TPSA) is 58.6 Å². The number of benzene rings is 3. The van der Waals surface area contributed by atoms with Gasteiger partial charge in [-0.25, -0.2) is 0 Å². The third kappa shape index (κ3) is 7.71. The molecular weight excluding hydrogens is 436 g/mol. The summed E-state index contributed by atoms with van der Waals surface area (Å²) in [6, 6.07) is 23.0. The monoisotopic (exact) mass is 472 g/mol. The molecule has 0 bridgehead atoms. The quantitative estimate of drug-likeness (QED) is 0.444. The van der Waals surface area contributed by atoms with Crippen molar-refractivity contribution in [3.05, 3.63) is 101 Å². The molecule has 0 aliphatic heterocycles. The van der Waals surface area contributed by atoms with Gasteiger partial charge in [0.05, 0.1) is 0 Å². The summed E-state index contributed by atoms with van der Waals surface area (Å²) in [6.45, 7) is 9.99. The van der Waals surface area contributed by atoms with Crippen LogP contribution < -0.4 is 10.1 Å². The van der Waals surface area contributed by atoms with Crippen LogP contribution in [0.4, 0.5) is 0 Å². The Balaban J connectivity index is 1.92. The minimum absolute atomic E-state index is 0.0390. The Morgan fingerprint density at radius 1 is 0.857 bits per heavy atom. The Morgan fingerprint density at radius 3 is 2.23 bits per heavy atom. The van der Waals surface area contributed by atoms with Gasteiger partial charge < -0.3 is 15.0 Å². The van der Waals surface area contributed by atoms with Crippen LogP contribution in [-0.2, 0) is 22.6 Å². The van der Waals surface area contributed by atoms with E-state index in [9.17, 15) is 9.59 Å². The van der Waals surface area contributed by atoms with E-state index in [0.29, 0.717) is 18.7 Å². The zero-order valence-electron chi connectivity index (χ0n) is 21.4. The summed E-state index contributed by atoms with van der Waals surface area (Å²) in [4.78, 5) is 28.7. The van der Waals surface area contributed by atoms with Gasteiger partial charge in [0.25, 0.3) is 5.91 Å². The molecule has 0 aromatic heterocycles. The van der Waals surface area contributed by atoms with E-state index in [1.807, 2.05) is 107 Å². The molecule has 0 saturated heterocycles. The maximum absolute atomic E-state index is 13.6. The highest BCUT2D eigenvalue weighted by molar-refractivity contribution is 5.88. The predicted molar refractivity (Wildman–Crippen MR) is 140 cm³/mol. The molecule has 5 nitrogen and oxygen atoms in total. The highest BCUT2D eigenvalue weighted by Gasteiger charge is 2.31. The molecule has 1 N–H and O–H groups in total. The second kappa shape index (κ2) is 12.2. The van der Waals surface area contributed by atoms with Gasteiger partial charge in [0.2, 0.25) is 5.91 Å². The fourth-order valence-electron chi connectivity index (χ4n) is 4.03. The standard InChI is InChI=1S/C30H36N2O3/c1-21(2)31-30(34)27(18-25-11-7-6-8-12-25)32(19-26-13-9-10-22(3)16-26)29(33)20-35-28-17-23(4)14-15-24(28)5/h6-17,21,27H,18-20H2,1-5H3,(H,31,34)/t27-/m0/s1. The van der Waals surface area contributed by atoms with Crippen molar-refractivity contribution in [2.75, 3.05) is 6.61 Å². The van der Waals surface area contributed by atoms with Crippen LogP contribution >= 0.6 is 0 Å². The molecule has 3 aromatic rings. The van der Waals surface area contributed by atoms with E-state index < -0.39 is 6.04 Å². The number of hydrogen-bond donors (Lipinski definition) is 1. The minimum atomic E-state index is -0.671. The number of aryl methyl sites for hydroxylation is 3. The van der Waals surface area contributed by atoms with Gasteiger partial charge in [-0.05, 0) is 62.9 Å². The van der Waals surface area contributed by atoms with E-state index in [2.05, 4.69) is 5.32 Å². The molecule has 0 radical (unpaired) electrons. The molecule has 0 aliphatic rings. The first-order valence-electron chi connectivity index (χ1n) is 12.1. The summed E-state index contributed by atoms with van der Waals surface area (Å²) in [5.41, 5.74) is 5.10. The van der Waals surface area contributed by atoms with Crippen LogP contribution in [0.1, 0.15) is 41.7 Å². The van der Waals surface area contributed by atoms with E-state index in [4.69, 9.17) is 4.74 Å². The molecule has 0 aliphatic carbocycles. The van der Waals surface area contributed by atoms with Gasteiger partial charge in [0, 0.05) is 19.0 Å². The minimum Gasteiger partial charge on any atom is -0.483 e. The molecule has 0 saturated carbocycles. The first-order valence-corrected chi connectivity index (χ1v) is 12.1. The average Bonchev–Trinajstić information content (AvgIpc) is 2.82. The Bertz CT molecular complexity index is 1140. The predicted octanol–water partition coefficient (Wildman–Crippen LogP) is 5.16. The molecule has 0 unspecified atom stereocenters. The number of carbonyl (C=O) groups is 2. The van der Waals surface area contributed by atoms with E-state index in [1.165, 1.54) is 0 Å². The van der Waals surface area contributed by atoms with Gasteiger partial charge in [0.1, 0.15) is 11.8 Å². The van der Waals surface area contributed by atoms with E-state index in [0.717, 1.165) is 27.8 Å². The van der Waals surface area contributed by atoms with Crippen molar-refractivity contribution in [2.45, 2.75) is 59.7 Å². The van der Waals surface area contributed by atoms with Crippen LogP contribution in [0.5, 0.6) is 5.75 Å². The van der Waals surface area contributed by atoms with Crippen LogP contribution in [0.15, 0.2) is 72.8 Å². The lowest BCUT2D eigenvalue weighted by atomic mass is 10.0. The molecule has 184 valence electrons. The fourth-order valence-corrected chi connectivity index (χ4v) is 4.03. The summed E-state index contributed by atoms with van der Waals surface area (Å²) in [5.74, 6) is 0.281. The van der Waals surface area contributed by atoms with Gasteiger partial charge in [-0.1, -0.05) is 72.3 Å². The molecule has 0 fully saturated rings. The van der Waals surface area contributed by atoms with Gasteiger partial charge in [-0.15, -0.1) is 0 Å². The molecule has 3 rings (SSSR count). The van der Waals surface area contributed by atoms with Gasteiger partial charge in [-0.2, -0.15) is 0 Å². The molecule has 35 heavy (non-hydrogen) atoms. The van der Waals surface area contributed by atoms with Crippen molar-refractivity contribution in [3.8, 4) is 5.75 Å². The van der Waals surface area contributed by atoms with E-state index >= 15 is 0 Å². The molecule has 2 amide bonds.